The third-order valence-electron chi connectivity index (χ3n) is 3.34. The van der Waals surface area contributed by atoms with Crippen molar-refractivity contribution >= 4 is 28.4 Å². The number of hydrogen-bond donors (Lipinski definition) is 2. The maximum absolute atomic E-state index is 11.8. The van der Waals surface area contributed by atoms with Crippen LogP contribution in [0.15, 0.2) is 30.5 Å². The number of anilines is 1. The number of amides is 2. The van der Waals surface area contributed by atoms with E-state index in [1.54, 1.807) is 0 Å². The van der Waals surface area contributed by atoms with Gasteiger partial charge in [-0.05, 0) is 24.6 Å². The van der Waals surface area contributed by atoms with Crippen LogP contribution in [0, 0.1) is 0 Å². The Labute approximate surface area is 104 Å². The highest BCUT2D eigenvalue weighted by Crippen LogP contribution is 2.28. The van der Waals surface area contributed by atoms with Crippen LogP contribution in [0.4, 0.5) is 5.69 Å². The first-order valence-corrected chi connectivity index (χ1v) is 5.85. The summed E-state index contributed by atoms with van der Waals surface area (Å²) in [5, 5.41) is 3.30. The molecule has 0 radical (unpaired) electrons. The molecule has 0 bridgehead atoms. The number of carbonyl (C=O) groups excluding carboxylic acids is 2. The number of piperidine rings is 1. The van der Waals surface area contributed by atoms with Gasteiger partial charge in [-0.25, -0.2) is 0 Å². The monoisotopic (exact) mass is 243 g/mol. The zero-order valence-corrected chi connectivity index (χ0v) is 9.72. The van der Waals surface area contributed by atoms with E-state index in [9.17, 15) is 9.59 Å². The van der Waals surface area contributed by atoms with E-state index in [0.717, 1.165) is 10.9 Å². The van der Waals surface area contributed by atoms with Gasteiger partial charge in [0, 0.05) is 23.7 Å². The minimum absolute atomic E-state index is 0.202. The molecule has 1 aromatic carbocycles. The molecule has 5 nitrogen and oxygen atoms in total. The minimum Gasteiger partial charge on any atom is -0.398 e. The number of benzene rings is 1. The van der Waals surface area contributed by atoms with E-state index in [2.05, 4.69) is 5.32 Å². The second-order valence-electron chi connectivity index (χ2n) is 4.47. The van der Waals surface area contributed by atoms with Crippen LogP contribution < -0.4 is 11.1 Å². The first-order chi connectivity index (χ1) is 8.66. The maximum Gasteiger partial charge on any atom is 0.249 e. The van der Waals surface area contributed by atoms with Gasteiger partial charge in [0.05, 0.1) is 5.52 Å². The Morgan fingerprint density at radius 1 is 1.28 bits per heavy atom. The standard InChI is InChI=1S/C13H13N3O2/c14-9-2-1-3-10-8(9)6-7-16(10)11-4-5-12(17)15-13(11)18/h1-3,6-7,11H,4-5,14H2,(H,15,17,18). The predicted octanol–water partition coefficient (Wildman–Crippen LogP) is 1.20. The summed E-state index contributed by atoms with van der Waals surface area (Å²) in [5.41, 5.74) is 7.50. The largest absolute Gasteiger partial charge is 0.398 e. The molecule has 3 rings (SSSR count). The normalized spacial score (nSPS) is 20.1. The molecular formula is C13H13N3O2. The van der Waals surface area contributed by atoms with Gasteiger partial charge in [-0.15, -0.1) is 0 Å². The van der Waals surface area contributed by atoms with Gasteiger partial charge in [-0.1, -0.05) is 6.07 Å². The molecule has 1 aliphatic heterocycles. The van der Waals surface area contributed by atoms with Crippen molar-refractivity contribution in [1.29, 1.82) is 0 Å². The fraction of sp³-hybridized carbons (Fsp3) is 0.231. The van der Waals surface area contributed by atoms with Crippen LogP contribution in [0.3, 0.4) is 0 Å². The number of nitrogen functional groups attached to an aromatic ring is 1. The highest BCUT2D eigenvalue weighted by atomic mass is 16.2. The lowest BCUT2D eigenvalue weighted by molar-refractivity contribution is -0.135. The number of nitrogens with one attached hydrogen (secondary N) is 1. The predicted molar refractivity (Wildman–Crippen MR) is 67.8 cm³/mol. The molecule has 1 aromatic heterocycles. The lowest BCUT2D eigenvalue weighted by Crippen LogP contribution is -2.41. The smallest absolute Gasteiger partial charge is 0.249 e. The molecule has 3 N–H and O–H groups in total. The third-order valence-corrected chi connectivity index (χ3v) is 3.34. The Morgan fingerprint density at radius 3 is 2.89 bits per heavy atom. The summed E-state index contributed by atoms with van der Waals surface area (Å²) in [7, 11) is 0. The minimum atomic E-state index is -0.331. The number of carbonyl (C=O) groups is 2. The number of imide groups is 1. The fourth-order valence-corrected chi connectivity index (χ4v) is 2.43. The molecule has 92 valence electrons. The van der Waals surface area contributed by atoms with Gasteiger partial charge < -0.3 is 10.3 Å². The molecule has 0 spiro atoms. The van der Waals surface area contributed by atoms with Gasteiger partial charge >= 0.3 is 0 Å². The maximum atomic E-state index is 11.8. The molecule has 2 aromatic rings. The van der Waals surface area contributed by atoms with Crippen molar-refractivity contribution in [2.24, 2.45) is 0 Å². The quantitative estimate of drug-likeness (QED) is 0.583. The summed E-state index contributed by atoms with van der Waals surface area (Å²) in [4.78, 5) is 23.0. The lowest BCUT2D eigenvalue weighted by Gasteiger charge is -2.23. The van der Waals surface area contributed by atoms with Crippen LogP contribution >= 0.6 is 0 Å². The SMILES string of the molecule is Nc1cccc2c1ccn2C1CCC(=O)NC1=O. The summed E-state index contributed by atoms with van der Waals surface area (Å²) >= 11 is 0. The number of nitrogens with two attached hydrogens (primary N) is 1. The molecule has 1 saturated heterocycles. The van der Waals surface area contributed by atoms with Crippen molar-refractivity contribution in [3.05, 3.63) is 30.5 Å². The highest BCUT2D eigenvalue weighted by molar-refractivity contribution is 6.00. The van der Waals surface area contributed by atoms with Crippen molar-refractivity contribution in [1.82, 2.24) is 9.88 Å². The molecule has 2 amide bonds. The molecule has 1 aliphatic rings. The third kappa shape index (κ3) is 1.55. The second-order valence-corrected chi connectivity index (χ2v) is 4.47. The molecule has 0 saturated carbocycles. The van der Waals surface area contributed by atoms with E-state index < -0.39 is 0 Å². The number of nitrogens with zero attached hydrogens (tertiary/aromatic N) is 1. The van der Waals surface area contributed by atoms with Crippen LogP contribution in [-0.4, -0.2) is 16.4 Å². The average molecular weight is 243 g/mol. The molecule has 18 heavy (non-hydrogen) atoms. The molecule has 2 heterocycles. The zero-order chi connectivity index (χ0) is 12.7. The molecular weight excluding hydrogens is 230 g/mol. The van der Waals surface area contributed by atoms with Gasteiger partial charge in [-0.3, -0.25) is 14.9 Å². The molecule has 5 heteroatoms. The number of aromatic nitrogens is 1. The Bertz CT molecular complexity index is 645. The Balaban J connectivity index is 2.07. The lowest BCUT2D eigenvalue weighted by atomic mass is 10.1. The first-order valence-electron chi connectivity index (χ1n) is 5.85. The highest BCUT2D eigenvalue weighted by Gasteiger charge is 2.28. The molecule has 1 atom stereocenters. The van der Waals surface area contributed by atoms with E-state index in [-0.39, 0.29) is 17.9 Å². The van der Waals surface area contributed by atoms with Crippen LogP contribution in [-0.2, 0) is 9.59 Å². The van der Waals surface area contributed by atoms with E-state index in [1.165, 1.54) is 0 Å². The van der Waals surface area contributed by atoms with E-state index in [4.69, 9.17) is 5.73 Å². The van der Waals surface area contributed by atoms with E-state index >= 15 is 0 Å². The molecule has 1 fully saturated rings. The van der Waals surface area contributed by atoms with Crippen LogP contribution in [0.5, 0.6) is 0 Å². The van der Waals surface area contributed by atoms with Crippen LogP contribution in [0.25, 0.3) is 10.9 Å². The topological polar surface area (TPSA) is 77.1 Å². The van der Waals surface area contributed by atoms with E-state index in [1.807, 2.05) is 35.0 Å². The Kier molecular flexibility index (Phi) is 2.33. The van der Waals surface area contributed by atoms with Crippen molar-refractivity contribution in [2.45, 2.75) is 18.9 Å². The van der Waals surface area contributed by atoms with Gasteiger partial charge in [0.2, 0.25) is 11.8 Å². The van der Waals surface area contributed by atoms with Gasteiger partial charge in [0.1, 0.15) is 6.04 Å². The second kappa shape index (κ2) is 3.87. The van der Waals surface area contributed by atoms with Crippen LogP contribution in [0.1, 0.15) is 18.9 Å². The van der Waals surface area contributed by atoms with Crippen molar-refractivity contribution < 1.29 is 9.59 Å². The van der Waals surface area contributed by atoms with E-state index in [0.29, 0.717) is 18.5 Å². The summed E-state index contributed by atoms with van der Waals surface area (Å²) in [6, 6.07) is 7.18. The summed E-state index contributed by atoms with van der Waals surface area (Å²) in [6.07, 6.45) is 2.75. The summed E-state index contributed by atoms with van der Waals surface area (Å²) in [6.45, 7) is 0. The molecule has 1 unspecified atom stereocenters. The zero-order valence-electron chi connectivity index (χ0n) is 9.72. The Hall–Kier alpha value is -2.30. The first kappa shape index (κ1) is 10.8. The average Bonchev–Trinajstić information content (AvgIpc) is 2.74. The van der Waals surface area contributed by atoms with Crippen molar-refractivity contribution in [3.63, 3.8) is 0 Å². The molecule has 0 aliphatic carbocycles. The van der Waals surface area contributed by atoms with Gasteiger partial charge in [0.25, 0.3) is 0 Å². The number of rotatable bonds is 1. The number of fused-ring (bicyclic) bond motifs is 1. The number of hydrogen-bond acceptors (Lipinski definition) is 3. The van der Waals surface area contributed by atoms with Crippen LogP contribution in [0.2, 0.25) is 0 Å². The summed E-state index contributed by atoms with van der Waals surface area (Å²) < 4.78 is 1.88. The summed E-state index contributed by atoms with van der Waals surface area (Å²) in [5.74, 6) is -0.446. The van der Waals surface area contributed by atoms with Gasteiger partial charge in [-0.2, -0.15) is 0 Å². The van der Waals surface area contributed by atoms with Crippen molar-refractivity contribution in [3.8, 4) is 0 Å². The van der Waals surface area contributed by atoms with Crippen molar-refractivity contribution in [2.75, 3.05) is 5.73 Å². The Morgan fingerprint density at radius 2 is 2.11 bits per heavy atom. The van der Waals surface area contributed by atoms with Gasteiger partial charge in [0.15, 0.2) is 0 Å². The fourth-order valence-electron chi connectivity index (χ4n) is 2.43.